The van der Waals surface area contributed by atoms with Gasteiger partial charge in [0, 0.05) is 25.0 Å². The van der Waals surface area contributed by atoms with E-state index >= 15 is 0 Å². The summed E-state index contributed by atoms with van der Waals surface area (Å²) in [4.78, 5) is 36.2. The van der Waals surface area contributed by atoms with Crippen LogP contribution in [-0.4, -0.2) is 54.8 Å². The first-order chi connectivity index (χ1) is 9.60. The van der Waals surface area contributed by atoms with Crippen LogP contribution in [0.15, 0.2) is 0 Å². The molecular weight excluding hydrogens is 260 g/mol. The molecule has 0 aromatic carbocycles. The average molecular weight is 282 g/mol. The van der Waals surface area contributed by atoms with Crippen LogP contribution in [0.2, 0.25) is 0 Å². The fourth-order valence-electron chi connectivity index (χ4n) is 2.30. The van der Waals surface area contributed by atoms with Crippen molar-refractivity contribution in [2.75, 3.05) is 26.2 Å². The van der Waals surface area contributed by atoms with Gasteiger partial charge in [0.25, 0.3) is 0 Å². The van der Waals surface area contributed by atoms with E-state index in [1.165, 1.54) is 0 Å². The third-order valence-electron chi connectivity index (χ3n) is 3.76. The predicted molar refractivity (Wildman–Crippen MR) is 72.5 cm³/mol. The fourth-order valence-corrected chi connectivity index (χ4v) is 2.30. The van der Waals surface area contributed by atoms with Gasteiger partial charge in [-0.3, -0.25) is 14.4 Å². The number of carbonyl (C=O) groups excluding carboxylic acids is 3. The van der Waals surface area contributed by atoms with E-state index in [1.807, 2.05) is 0 Å². The van der Waals surface area contributed by atoms with Crippen LogP contribution in [0.25, 0.3) is 0 Å². The van der Waals surface area contributed by atoms with Gasteiger partial charge in [-0.2, -0.15) is 0 Å². The number of nitrogens with one attached hydrogen (secondary N) is 2. The molecule has 7 nitrogen and oxygen atoms in total. The lowest BCUT2D eigenvalue weighted by atomic mass is 10.0. The minimum absolute atomic E-state index is 0.00483. The van der Waals surface area contributed by atoms with E-state index in [0.717, 1.165) is 25.7 Å². The molecule has 1 saturated heterocycles. The summed E-state index contributed by atoms with van der Waals surface area (Å²) in [5.74, 6) is -0.0465. The average Bonchev–Trinajstić information content (AvgIpc) is 3.29. The van der Waals surface area contributed by atoms with Crippen LogP contribution in [0, 0.1) is 5.92 Å². The number of piperidine rings is 1. The number of nitrogens with zero attached hydrogens (tertiary/aromatic N) is 1. The summed E-state index contributed by atoms with van der Waals surface area (Å²) in [5.41, 5.74) is 5.15. The molecule has 1 aliphatic carbocycles. The molecule has 2 fully saturated rings. The third kappa shape index (κ3) is 4.19. The Morgan fingerprint density at radius 2 is 1.75 bits per heavy atom. The van der Waals surface area contributed by atoms with E-state index in [4.69, 9.17) is 5.73 Å². The number of hydrogen-bond acceptors (Lipinski definition) is 4. The highest BCUT2D eigenvalue weighted by Gasteiger charge is 2.32. The summed E-state index contributed by atoms with van der Waals surface area (Å²) >= 11 is 0. The predicted octanol–water partition coefficient (Wildman–Crippen LogP) is -1.42. The maximum absolute atomic E-state index is 11.8. The highest BCUT2D eigenvalue weighted by molar-refractivity contribution is 5.85. The molecule has 0 unspecified atom stereocenters. The first-order valence-electron chi connectivity index (χ1n) is 7.15. The molecule has 7 heteroatoms. The van der Waals surface area contributed by atoms with E-state index in [-0.39, 0.29) is 42.8 Å². The van der Waals surface area contributed by atoms with E-state index < -0.39 is 0 Å². The zero-order chi connectivity index (χ0) is 14.5. The molecular formula is C13H22N4O3. The van der Waals surface area contributed by atoms with Gasteiger partial charge in [0.15, 0.2) is 0 Å². The number of likely N-dealkylation sites (tertiary alicyclic amines) is 1. The summed E-state index contributed by atoms with van der Waals surface area (Å²) in [5, 5.41) is 5.51. The van der Waals surface area contributed by atoms with Gasteiger partial charge in [-0.15, -0.1) is 0 Å². The lowest BCUT2D eigenvalue weighted by Crippen LogP contribution is -2.49. The van der Waals surface area contributed by atoms with Crippen LogP contribution >= 0.6 is 0 Å². The van der Waals surface area contributed by atoms with Crippen molar-refractivity contribution in [3.8, 4) is 0 Å². The second kappa shape index (κ2) is 6.69. The normalized spacial score (nSPS) is 19.6. The van der Waals surface area contributed by atoms with Crippen LogP contribution < -0.4 is 16.4 Å². The van der Waals surface area contributed by atoms with Gasteiger partial charge >= 0.3 is 0 Å². The summed E-state index contributed by atoms with van der Waals surface area (Å²) in [6.07, 6.45) is 3.55. The Kier molecular flexibility index (Phi) is 4.94. The van der Waals surface area contributed by atoms with Crippen LogP contribution in [0.4, 0.5) is 0 Å². The largest absolute Gasteiger partial charge is 0.353 e. The first kappa shape index (κ1) is 14.8. The van der Waals surface area contributed by atoms with Gasteiger partial charge in [0.1, 0.15) is 0 Å². The third-order valence-corrected chi connectivity index (χ3v) is 3.76. The molecule has 0 aromatic rings. The second-order valence-electron chi connectivity index (χ2n) is 5.42. The summed E-state index contributed by atoms with van der Waals surface area (Å²) < 4.78 is 0. The Morgan fingerprint density at radius 3 is 2.30 bits per heavy atom. The molecule has 0 radical (unpaired) electrons. The molecule has 0 spiro atoms. The summed E-state index contributed by atoms with van der Waals surface area (Å²) in [6.45, 7) is 1.12. The lowest BCUT2D eigenvalue weighted by Gasteiger charge is -2.32. The highest BCUT2D eigenvalue weighted by atomic mass is 16.2. The second-order valence-corrected chi connectivity index (χ2v) is 5.42. The zero-order valence-electron chi connectivity index (χ0n) is 11.6. The summed E-state index contributed by atoms with van der Waals surface area (Å²) in [6, 6.07) is 0.172. The molecule has 0 aromatic heterocycles. The van der Waals surface area contributed by atoms with Gasteiger partial charge in [-0.05, 0) is 25.7 Å². The van der Waals surface area contributed by atoms with Crippen molar-refractivity contribution < 1.29 is 14.4 Å². The van der Waals surface area contributed by atoms with Gasteiger partial charge in [0.05, 0.1) is 13.1 Å². The number of amides is 3. The van der Waals surface area contributed by atoms with Crippen LogP contribution in [0.1, 0.15) is 25.7 Å². The minimum Gasteiger partial charge on any atom is -0.353 e. The molecule has 112 valence electrons. The number of hydrogen-bond donors (Lipinski definition) is 3. The Labute approximate surface area is 118 Å². The Bertz CT molecular complexity index is 387. The fraction of sp³-hybridized carbons (Fsp3) is 0.769. The monoisotopic (exact) mass is 282 g/mol. The number of rotatable bonds is 5. The summed E-state index contributed by atoms with van der Waals surface area (Å²) in [7, 11) is 0. The molecule has 0 atom stereocenters. The molecule has 2 rings (SSSR count). The molecule has 4 N–H and O–H groups in total. The Morgan fingerprint density at radius 1 is 1.10 bits per heavy atom. The van der Waals surface area contributed by atoms with E-state index in [0.29, 0.717) is 13.1 Å². The van der Waals surface area contributed by atoms with Crippen molar-refractivity contribution in [2.24, 2.45) is 11.7 Å². The first-order valence-corrected chi connectivity index (χ1v) is 7.15. The minimum atomic E-state index is -0.329. The number of carbonyl (C=O) groups is 3. The van der Waals surface area contributed by atoms with E-state index in [2.05, 4.69) is 10.6 Å². The smallest absolute Gasteiger partial charge is 0.241 e. The maximum Gasteiger partial charge on any atom is 0.241 e. The lowest BCUT2D eigenvalue weighted by molar-refractivity contribution is -0.133. The van der Waals surface area contributed by atoms with Crippen LogP contribution in [0.3, 0.4) is 0 Å². The van der Waals surface area contributed by atoms with E-state index in [9.17, 15) is 14.4 Å². The SMILES string of the molecule is NCC(=O)NCC(=O)N1CCC(NC(=O)C2CC2)CC1. The van der Waals surface area contributed by atoms with Crippen molar-refractivity contribution in [1.29, 1.82) is 0 Å². The highest BCUT2D eigenvalue weighted by Crippen LogP contribution is 2.29. The van der Waals surface area contributed by atoms with Crippen molar-refractivity contribution >= 4 is 17.7 Å². The van der Waals surface area contributed by atoms with Gasteiger partial charge in [-0.1, -0.05) is 0 Å². The topological polar surface area (TPSA) is 105 Å². The Balaban J connectivity index is 1.66. The van der Waals surface area contributed by atoms with Gasteiger partial charge < -0.3 is 21.3 Å². The Hall–Kier alpha value is -1.63. The van der Waals surface area contributed by atoms with Crippen molar-refractivity contribution in [3.05, 3.63) is 0 Å². The molecule has 20 heavy (non-hydrogen) atoms. The molecule has 3 amide bonds. The standard InChI is InChI=1S/C13H22N4O3/c14-7-11(18)15-8-12(19)17-5-3-10(4-6-17)16-13(20)9-1-2-9/h9-10H,1-8,14H2,(H,15,18)(H,16,20). The molecule has 1 saturated carbocycles. The van der Waals surface area contributed by atoms with Gasteiger partial charge in [0.2, 0.25) is 17.7 Å². The van der Waals surface area contributed by atoms with Gasteiger partial charge in [-0.25, -0.2) is 0 Å². The van der Waals surface area contributed by atoms with Crippen molar-refractivity contribution in [3.63, 3.8) is 0 Å². The number of nitrogens with two attached hydrogens (primary N) is 1. The van der Waals surface area contributed by atoms with Crippen molar-refractivity contribution in [2.45, 2.75) is 31.7 Å². The van der Waals surface area contributed by atoms with Crippen LogP contribution in [0.5, 0.6) is 0 Å². The quantitative estimate of drug-likeness (QED) is 0.575. The molecule has 2 aliphatic rings. The molecule has 0 bridgehead atoms. The molecule has 1 aliphatic heterocycles. The maximum atomic E-state index is 11.8. The zero-order valence-corrected chi connectivity index (χ0v) is 11.6. The van der Waals surface area contributed by atoms with Crippen LogP contribution in [-0.2, 0) is 14.4 Å². The molecule has 1 heterocycles. The van der Waals surface area contributed by atoms with E-state index in [1.54, 1.807) is 4.90 Å². The van der Waals surface area contributed by atoms with Crippen molar-refractivity contribution in [1.82, 2.24) is 15.5 Å².